The Bertz CT molecular complexity index is 1270. The minimum Gasteiger partial charge on any atom is -0.505 e. The smallest absolute Gasteiger partial charge is 0.319 e. The first-order valence-electron chi connectivity index (χ1n) is 10.2. The molecule has 34 heavy (non-hydrogen) atoms. The summed E-state index contributed by atoms with van der Waals surface area (Å²) in [5, 5.41) is 24.3. The third-order valence-corrected chi connectivity index (χ3v) is 5.14. The molecule has 4 N–H and O–H groups in total. The quantitative estimate of drug-likeness (QED) is 0.399. The first-order chi connectivity index (χ1) is 16.2. The van der Waals surface area contributed by atoms with Gasteiger partial charge in [0.25, 0.3) is 5.56 Å². The predicted octanol–water partition coefficient (Wildman–Crippen LogP) is 3.11. The van der Waals surface area contributed by atoms with Crippen LogP contribution in [-0.2, 0) is 11.8 Å². The van der Waals surface area contributed by atoms with Crippen molar-refractivity contribution in [1.82, 2.24) is 9.88 Å². The Balaban J connectivity index is 1.96. The van der Waals surface area contributed by atoms with Gasteiger partial charge in [0, 0.05) is 13.2 Å². The maximum absolute atomic E-state index is 12.7. The number of rotatable bonds is 8. The standard InChI is InChI=1S/C24H25N3O7/c1-27-8-7-20(28)22(23(27)31)26-24(32)25-19(13-21(29)30)16-9-15(11-18(12-16)34-3)14-5-4-6-17(10-14)33-2/h4-12,19,28H,13H2,1-3H3,(H,29,30)(H2,25,26,32). The first-order valence-corrected chi connectivity index (χ1v) is 10.2. The van der Waals surface area contributed by atoms with Crippen molar-refractivity contribution in [2.45, 2.75) is 12.5 Å². The second-order valence-electron chi connectivity index (χ2n) is 7.47. The van der Waals surface area contributed by atoms with Crippen molar-refractivity contribution >= 4 is 17.7 Å². The number of benzene rings is 2. The van der Waals surface area contributed by atoms with Crippen LogP contribution in [0.3, 0.4) is 0 Å². The van der Waals surface area contributed by atoms with E-state index in [1.165, 1.54) is 31.0 Å². The zero-order valence-corrected chi connectivity index (χ0v) is 18.9. The molecule has 0 radical (unpaired) electrons. The molecule has 0 aliphatic heterocycles. The number of aliphatic carboxylic acids is 1. The molecule has 3 aromatic rings. The van der Waals surface area contributed by atoms with Crippen LogP contribution < -0.4 is 25.7 Å². The number of urea groups is 1. The number of carboxylic acid groups (broad SMARTS) is 1. The minimum absolute atomic E-state index is 0.320. The van der Waals surface area contributed by atoms with Crippen molar-refractivity contribution in [1.29, 1.82) is 0 Å². The molecule has 1 atom stereocenters. The number of carboxylic acids is 1. The molecule has 1 heterocycles. The normalized spacial score (nSPS) is 11.4. The van der Waals surface area contributed by atoms with E-state index in [1.54, 1.807) is 31.4 Å². The van der Waals surface area contributed by atoms with Gasteiger partial charge >= 0.3 is 12.0 Å². The Labute approximate surface area is 195 Å². The maximum atomic E-state index is 12.7. The lowest BCUT2D eigenvalue weighted by Gasteiger charge is -2.20. The van der Waals surface area contributed by atoms with Crippen LogP contribution in [0.1, 0.15) is 18.0 Å². The Morgan fingerprint density at radius 2 is 1.74 bits per heavy atom. The fraction of sp³-hybridized carbons (Fsp3) is 0.208. The summed E-state index contributed by atoms with van der Waals surface area (Å²) in [7, 11) is 4.50. The molecule has 2 amide bonds. The molecule has 1 aromatic heterocycles. The lowest BCUT2D eigenvalue weighted by Crippen LogP contribution is -2.36. The van der Waals surface area contributed by atoms with Crippen LogP contribution in [0.2, 0.25) is 0 Å². The lowest BCUT2D eigenvalue weighted by atomic mass is 9.97. The molecule has 10 nitrogen and oxygen atoms in total. The number of nitrogens with zero attached hydrogens (tertiary/aromatic N) is 1. The van der Waals surface area contributed by atoms with Crippen LogP contribution in [0, 0.1) is 0 Å². The Morgan fingerprint density at radius 3 is 2.41 bits per heavy atom. The molecule has 0 saturated heterocycles. The van der Waals surface area contributed by atoms with Gasteiger partial charge in [0.15, 0.2) is 5.69 Å². The van der Waals surface area contributed by atoms with Gasteiger partial charge in [0.05, 0.1) is 26.7 Å². The summed E-state index contributed by atoms with van der Waals surface area (Å²) in [6, 6.07) is 11.9. The molecule has 3 rings (SSSR count). The van der Waals surface area contributed by atoms with E-state index in [0.717, 1.165) is 11.1 Å². The average Bonchev–Trinajstić information content (AvgIpc) is 2.83. The van der Waals surface area contributed by atoms with Gasteiger partial charge in [-0.2, -0.15) is 0 Å². The third-order valence-electron chi connectivity index (χ3n) is 5.14. The molecule has 2 aromatic carbocycles. The molecule has 0 spiro atoms. The number of aromatic nitrogens is 1. The lowest BCUT2D eigenvalue weighted by molar-refractivity contribution is -0.137. The summed E-state index contributed by atoms with van der Waals surface area (Å²) in [6.07, 6.45) is 0.918. The Morgan fingerprint density at radius 1 is 1.03 bits per heavy atom. The number of pyridine rings is 1. The van der Waals surface area contributed by atoms with E-state index in [-0.39, 0.29) is 5.69 Å². The summed E-state index contributed by atoms with van der Waals surface area (Å²) in [4.78, 5) is 36.5. The number of amides is 2. The number of hydrogen-bond donors (Lipinski definition) is 4. The second kappa shape index (κ2) is 10.4. The molecular formula is C24H25N3O7. The number of ether oxygens (including phenoxy) is 2. The third kappa shape index (κ3) is 5.66. The number of hydrogen-bond acceptors (Lipinski definition) is 6. The topological polar surface area (TPSA) is 139 Å². The van der Waals surface area contributed by atoms with Crippen molar-refractivity contribution < 1.29 is 29.3 Å². The van der Waals surface area contributed by atoms with E-state index in [1.807, 2.05) is 18.2 Å². The summed E-state index contributed by atoms with van der Waals surface area (Å²) in [5.74, 6) is -0.447. The zero-order chi connectivity index (χ0) is 24.8. The van der Waals surface area contributed by atoms with Crippen molar-refractivity contribution in [2.75, 3.05) is 19.5 Å². The van der Waals surface area contributed by atoms with Gasteiger partial charge in [-0.1, -0.05) is 12.1 Å². The van der Waals surface area contributed by atoms with Gasteiger partial charge in [-0.25, -0.2) is 4.79 Å². The molecule has 0 aliphatic carbocycles. The number of anilines is 1. The fourth-order valence-electron chi connectivity index (χ4n) is 3.38. The minimum atomic E-state index is -1.14. The van der Waals surface area contributed by atoms with E-state index >= 15 is 0 Å². The van der Waals surface area contributed by atoms with E-state index in [4.69, 9.17) is 9.47 Å². The van der Waals surface area contributed by atoms with Crippen molar-refractivity contribution in [3.63, 3.8) is 0 Å². The van der Waals surface area contributed by atoms with Crippen LogP contribution in [0.15, 0.2) is 59.5 Å². The molecule has 0 aliphatic rings. The van der Waals surface area contributed by atoms with Gasteiger partial charge in [-0.15, -0.1) is 0 Å². The molecule has 0 bridgehead atoms. The van der Waals surface area contributed by atoms with Crippen LogP contribution in [0.4, 0.5) is 10.5 Å². The summed E-state index contributed by atoms with van der Waals surface area (Å²) in [6.45, 7) is 0. The van der Waals surface area contributed by atoms with Gasteiger partial charge in [0.2, 0.25) is 0 Å². The number of aromatic hydroxyl groups is 1. The monoisotopic (exact) mass is 467 g/mol. The number of carbonyl (C=O) groups excluding carboxylic acids is 1. The molecular weight excluding hydrogens is 442 g/mol. The van der Waals surface area contributed by atoms with E-state index in [0.29, 0.717) is 17.1 Å². The molecule has 0 fully saturated rings. The zero-order valence-electron chi connectivity index (χ0n) is 18.9. The van der Waals surface area contributed by atoms with Crippen molar-refractivity contribution in [2.24, 2.45) is 7.05 Å². The fourth-order valence-corrected chi connectivity index (χ4v) is 3.38. The highest BCUT2D eigenvalue weighted by Gasteiger charge is 2.21. The number of carbonyl (C=O) groups is 2. The molecule has 10 heteroatoms. The second-order valence-corrected chi connectivity index (χ2v) is 7.47. The van der Waals surface area contributed by atoms with Gasteiger partial charge in [-0.3, -0.25) is 9.59 Å². The van der Waals surface area contributed by atoms with Crippen molar-refractivity contribution in [3.05, 3.63) is 70.6 Å². The van der Waals surface area contributed by atoms with Gasteiger partial charge in [-0.05, 0) is 53.1 Å². The van der Waals surface area contributed by atoms with E-state index in [9.17, 15) is 24.6 Å². The first kappa shape index (κ1) is 24.2. The molecule has 0 saturated carbocycles. The average molecular weight is 467 g/mol. The van der Waals surface area contributed by atoms with Crippen LogP contribution in [0.5, 0.6) is 17.2 Å². The molecule has 178 valence electrons. The number of aryl methyl sites for hydroxylation is 1. The van der Waals surface area contributed by atoms with Gasteiger partial charge in [0.1, 0.15) is 17.2 Å². The summed E-state index contributed by atoms with van der Waals surface area (Å²) < 4.78 is 11.9. The van der Waals surface area contributed by atoms with E-state index < -0.39 is 35.8 Å². The summed E-state index contributed by atoms with van der Waals surface area (Å²) in [5.41, 5.74) is 1.06. The highest BCUT2D eigenvalue weighted by atomic mass is 16.5. The molecule has 1 unspecified atom stereocenters. The maximum Gasteiger partial charge on any atom is 0.319 e. The summed E-state index contributed by atoms with van der Waals surface area (Å²) >= 11 is 0. The van der Waals surface area contributed by atoms with Gasteiger partial charge < -0.3 is 34.9 Å². The van der Waals surface area contributed by atoms with Crippen LogP contribution in [-0.4, -0.2) is 41.0 Å². The largest absolute Gasteiger partial charge is 0.505 e. The van der Waals surface area contributed by atoms with Crippen LogP contribution in [0.25, 0.3) is 11.1 Å². The van der Waals surface area contributed by atoms with E-state index in [2.05, 4.69) is 10.6 Å². The van der Waals surface area contributed by atoms with Crippen LogP contribution >= 0.6 is 0 Å². The van der Waals surface area contributed by atoms with Crippen molar-refractivity contribution in [3.8, 4) is 28.4 Å². The Kier molecular flexibility index (Phi) is 7.42. The Hall–Kier alpha value is -4.47. The SMILES string of the molecule is COc1cccc(-c2cc(OC)cc(C(CC(=O)O)NC(=O)Nc3c(O)ccn(C)c3=O)c2)c1. The number of nitrogens with one attached hydrogen (secondary N) is 2. The number of methoxy groups -OCH3 is 2. The highest BCUT2D eigenvalue weighted by Crippen LogP contribution is 2.32. The predicted molar refractivity (Wildman–Crippen MR) is 125 cm³/mol. The highest BCUT2D eigenvalue weighted by molar-refractivity contribution is 5.91.